The van der Waals surface area contributed by atoms with E-state index in [2.05, 4.69) is 5.32 Å². The van der Waals surface area contributed by atoms with E-state index in [9.17, 15) is 14.0 Å². The average Bonchev–Trinajstić information content (AvgIpc) is 2.38. The topological polar surface area (TPSA) is 49.4 Å². The SMILES string of the molecule is O=C1CN(C(=O)/C=C/c2c(F)cccc2Cl)CCN1. The highest BCUT2D eigenvalue weighted by Gasteiger charge is 2.19. The second-order valence-corrected chi connectivity index (χ2v) is 4.49. The number of benzene rings is 1. The van der Waals surface area contributed by atoms with Crippen molar-refractivity contribution < 1.29 is 14.0 Å². The van der Waals surface area contributed by atoms with Gasteiger partial charge in [0.05, 0.1) is 11.6 Å². The molecule has 0 radical (unpaired) electrons. The minimum absolute atomic E-state index is 0.0220. The largest absolute Gasteiger partial charge is 0.353 e. The lowest BCUT2D eigenvalue weighted by Gasteiger charge is -2.25. The molecule has 0 spiro atoms. The van der Waals surface area contributed by atoms with Crippen LogP contribution < -0.4 is 5.32 Å². The lowest BCUT2D eigenvalue weighted by molar-refractivity contribution is -0.134. The van der Waals surface area contributed by atoms with Crippen molar-refractivity contribution in [3.8, 4) is 0 Å². The number of carbonyl (C=O) groups is 2. The Morgan fingerprint density at radius 2 is 2.26 bits per heavy atom. The van der Waals surface area contributed by atoms with Gasteiger partial charge in [-0.15, -0.1) is 0 Å². The van der Waals surface area contributed by atoms with Gasteiger partial charge in [-0.05, 0) is 18.2 Å². The number of carbonyl (C=O) groups excluding carboxylic acids is 2. The zero-order valence-electron chi connectivity index (χ0n) is 10.0. The molecule has 0 unspecified atom stereocenters. The molecule has 2 amide bonds. The molecule has 1 aliphatic heterocycles. The third-order valence-electron chi connectivity index (χ3n) is 2.74. The van der Waals surface area contributed by atoms with Gasteiger partial charge in [0.15, 0.2) is 0 Å². The minimum Gasteiger partial charge on any atom is -0.353 e. The van der Waals surface area contributed by atoms with Crippen LogP contribution in [0.1, 0.15) is 5.56 Å². The van der Waals surface area contributed by atoms with Crippen LogP contribution in [-0.2, 0) is 9.59 Å². The van der Waals surface area contributed by atoms with Crippen LogP contribution in [-0.4, -0.2) is 36.3 Å². The fourth-order valence-corrected chi connectivity index (χ4v) is 1.98. The summed E-state index contributed by atoms with van der Waals surface area (Å²) in [5.74, 6) is -1.03. The standard InChI is InChI=1S/C13H12ClFN2O2/c14-10-2-1-3-11(15)9(10)4-5-13(19)17-7-6-16-12(18)8-17/h1-5H,6-8H2,(H,16,18)/b5-4+. The van der Waals surface area contributed by atoms with Crippen LogP contribution in [0, 0.1) is 5.82 Å². The molecule has 1 fully saturated rings. The molecule has 1 N–H and O–H groups in total. The molecule has 6 heteroatoms. The highest BCUT2D eigenvalue weighted by atomic mass is 35.5. The fourth-order valence-electron chi connectivity index (χ4n) is 1.76. The normalized spacial score (nSPS) is 15.7. The third-order valence-corrected chi connectivity index (χ3v) is 3.07. The van der Waals surface area contributed by atoms with Gasteiger partial charge in [-0.25, -0.2) is 4.39 Å². The predicted octanol–water partition coefficient (Wildman–Crippen LogP) is 1.45. The van der Waals surface area contributed by atoms with Gasteiger partial charge in [-0.3, -0.25) is 9.59 Å². The van der Waals surface area contributed by atoms with Crippen molar-refractivity contribution in [3.63, 3.8) is 0 Å². The van der Waals surface area contributed by atoms with Gasteiger partial charge in [-0.1, -0.05) is 17.7 Å². The number of nitrogens with zero attached hydrogens (tertiary/aromatic N) is 1. The lowest BCUT2D eigenvalue weighted by Crippen LogP contribution is -2.49. The molecule has 0 aromatic heterocycles. The molecule has 2 rings (SSSR count). The van der Waals surface area contributed by atoms with E-state index in [0.717, 1.165) is 0 Å². The summed E-state index contributed by atoms with van der Waals surface area (Å²) in [6.45, 7) is 0.896. The van der Waals surface area contributed by atoms with Gasteiger partial charge < -0.3 is 10.2 Å². The molecule has 0 saturated carbocycles. The van der Waals surface area contributed by atoms with Crippen molar-refractivity contribution in [2.24, 2.45) is 0 Å². The van der Waals surface area contributed by atoms with Crippen LogP contribution in [0.2, 0.25) is 5.02 Å². The van der Waals surface area contributed by atoms with Crippen molar-refractivity contribution >= 4 is 29.5 Å². The van der Waals surface area contributed by atoms with E-state index < -0.39 is 5.82 Å². The molecule has 0 atom stereocenters. The van der Waals surface area contributed by atoms with Crippen LogP contribution in [0.3, 0.4) is 0 Å². The zero-order valence-corrected chi connectivity index (χ0v) is 10.8. The minimum atomic E-state index is -0.493. The summed E-state index contributed by atoms with van der Waals surface area (Å²) in [6.07, 6.45) is 2.55. The molecule has 19 heavy (non-hydrogen) atoms. The Bertz CT molecular complexity index is 525. The van der Waals surface area contributed by atoms with Crippen molar-refractivity contribution in [2.45, 2.75) is 0 Å². The molecule has 1 aromatic rings. The number of amides is 2. The van der Waals surface area contributed by atoms with Crippen LogP contribution in [0.4, 0.5) is 4.39 Å². The molecule has 1 aromatic carbocycles. The van der Waals surface area contributed by atoms with E-state index in [1.165, 1.54) is 29.2 Å². The van der Waals surface area contributed by atoms with E-state index in [0.29, 0.717) is 13.1 Å². The Morgan fingerprint density at radius 1 is 1.47 bits per heavy atom. The molecule has 1 saturated heterocycles. The lowest BCUT2D eigenvalue weighted by atomic mass is 10.2. The van der Waals surface area contributed by atoms with E-state index in [1.54, 1.807) is 6.07 Å². The molecule has 100 valence electrons. The highest BCUT2D eigenvalue weighted by Crippen LogP contribution is 2.20. The quantitative estimate of drug-likeness (QED) is 0.835. The first kappa shape index (κ1) is 13.5. The molecule has 1 aliphatic rings. The third kappa shape index (κ3) is 3.32. The Balaban J connectivity index is 2.10. The Kier molecular flexibility index (Phi) is 4.16. The van der Waals surface area contributed by atoms with Gasteiger partial charge in [0.25, 0.3) is 0 Å². The number of rotatable bonds is 2. The smallest absolute Gasteiger partial charge is 0.247 e. The second-order valence-electron chi connectivity index (χ2n) is 4.08. The van der Waals surface area contributed by atoms with Gasteiger partial charge in [0.2, 0.25) is 11.8 Å². The first-order valence-electron chi connectivity index (χ1n) is 5.75. The molecule has 4 nitrogen and oxygen atoms in total. The number of piperazine rings is 1. The van der Waals surface area contributed by atoms with Gasteiger partial charge in [0.1, 0.15) is 5.82 Å². The summed E-state index contributed by atoms with van der Waals surface area (Å²) < 4.78 is 13.5. The number of hydrogen-bond donors (Lipinski definition) is 1. The summed E-state index contributed by atoms with van der Waals surface area (Å²) in [6, 6.07) is 4.30. The van der Waals surface area contributed by atoms with E-state index in [-0.39, 0.29) is 28.9 Å². The maximum Gasteiger partial charge on any atom is 0.247 e. The van der Waals surface area contributed by atoms with Crippen LogP contribution in [0.5, 0.6) is 0 Å². The molecule has 1 heterocycles. The van der Waals surface area contributed by atoms with E-state index in [4.69, 9.17) is 11.6 Å². The van der Waals surface area contributed by atoms with Crippen LogP contribution >= 0.6 is 11.6 Å². The summed E-state index contributed by atoms with van der Waals surface area (Å²) in [4.78, 5) is 24.4. The van der Waals surface area contributed by atoms with Crippen molar-refractivity contribution in [1.82, 2.24) is 10.2 Å². The molecule has 0 bridgehead atoms. The Labute approximate surface area is 114 Å². The highest BCUT2D eigenvalue weighted by molar-refractivity contribution is 6.32. The van der Waals surface area contributed by atoms with Gasteiger partial charge in [-0.2, -0.15) is 0 Å². The maximum atomic E-state index is 13.5. The maximum absolute atomic E-state index is 13.5. The Hall–Kier alpha value is -1.88. The van der Waals surface area contributed by atoms with Crippen LogP contribution in [0.15, 0.2) is 24.3 Å². The number of halogens is 2. The predicted molar refractivity (Wildman–Crippen MR) is 70.0 cm³/mol. The summed E-state index contributed by atoms with van der Waals surface area (Å²) >= 11 is 5.84. The first-order chi connectivity index (χ1) is 9.08. The summed E-state index contributed by atoms with van der Waals surface area (Å²) in [5.41, 5.74) is 0.166. The second kappa shape index (κ2) is 5.84. The van der Waals surface area contributed by atoms with Gasteiger partial charge >= 0.3 is 0 Å². The van der Waals surface area contributed by atoms with E-state index in [1.807, 2.05) is 0 Å². The zero-order chi connectivity index (χ0) is 13.8. The molecular formula is C13H12ClFN2O2. The molecular weight excluding hydrogens is 271 g/mol. The van der Waals surface area contributed by atoms with Crippen molar-refractivity contribution in [3.05, 3.63) is 40.7 Å². The number of nitrogens with one attached hydrogen (secondary N) is 1. The summed E-state index contributed by atoms with van der Waals surface area (Å²) in [5, 5.41) is 2.86. The van der Waals surface area contributed by atoms with Gasteiger partial charge in [0, 0.05) is 24.7 Å². The molecule has 0 aliphatic carbocycles. The van der Waals surface area contributed by atoms with Crippen molar-refractivity contribution in [1.29, 1.82) is 0 Å². The summed E-state index contributed by atoms with van der Waals surface area (Å²) in [7, 11) is 0. The van der Waals surface area contributed by atoms with Crippen LogP contribution in [0.25, 0.3) is 6.08 Å². The van der Waals surface area contributed by atoms with E-state index >= 15 is 0 Å². The van der Waals surface area contributed by atoms with Crippen molar-refractivity contribution in [2.75, 3.05) is 19.6 Å². The average molecular weight is 283 g/mol. The fraction of sp³-hybridized carbons (Fsp3) is 0.231. The Morgan fingerprint density at radius 3 is 2.95 bits per heavy atom. The number of hydrogen-bond acceptors (Lipinski definition) is 2. The first-order valence-corrected chi connectivity index (χ1v) is 6.13. The monoisotopic (exact) mass is 282 g/mol.